The van der Waals surface area contributed by atoms with Gasteiger partial charge in [-0.2, -0.15) is 0 Å². The predicted octanol–water partition coefficient (Wildman–Crippen LogP) is 5.69. The number of ether oxygens (including phenoxy) is 1. The van der Waals surface area contributed by atoms with E-state index >= 15 is 0 Å². The molecule has 0 unspecified atom stereocenters. The zero-order chi connectivity index (χ0) is 26.6. The van der Waals surface area contributed by atoms with Crippen LogP contribution in [0.4, 0.5) is 11.4 Å². The fourth-order valence-corrected chi connectivity index (χ4v) is 6.91. The highest BCUT2D eigenvalue weighted by Gasteiger charge is 2.52. The Hall–Kier alpha value is -1.94. The summed E-state index contributed by atoms with van der Waals surface area (Å²) < 4.78 is 5.58. The SMILES string of the molecule is Cc1cc(OC(=O)[C@@H]2CC(=O)N(c3cccc(Cl)c3Cl)C2)ccc1N1C(=O)[C@H]2C[C@H](Br)[C@@H](Br)C[C@H]2C1=O. The van der Waals surface area contributed by atoms with Gasteiger partial charge in [0.25, 0.3) is 0 Å². The van der Waals surface area contributed by atoms with E-state index < -0.39 is 11.9 Å². The number of rotatable bonds is 4. The van der Waals surface area contributed by atoms with Gasteiger partial charge in [0.15, 0.2) is 0 Å². The molecule has 1 saturated carbocycles. The molecule has 2 aromatic rings. The number of benzene rings is 2. The minimum absolute atomic E-state index is 0.0125. The minimum Gasteiger partial charge on any atom is -0.426 e. The second-order valence-electron chi connectivity index (χ2n) is 9.58. The second-order valence-corrected chi connectivity index (χ2v) is 12.7. The standard InChI is InChI=1S/C26H22Br2Cl2N2O5/c1-12-7-14(5-6-20(12)32-24(34)15-9-17(27)18(28)10-16(15)25(32)35)37-26(36)13-8-22(33)31(11-13)21-4-2-3-19(29)23(21)30/h2-7,13,15-18H,8-11H2,1H3/t13-,15-,16+,17+,18+/m1/s1. The maximum atomic E-state index is 13.1. The van der Waals surface area contributed by atoms with Crippen molar-refractivity contribution in [1.29, 1.82) is 0 Å². The fourth-order valence-electron chi connectivity index (χ4n) is 5.27. The van der Waals surface area contributed by atoms with Crippen LogP contribution in [-0.4, -0.2) is 39.9 Å². The summed E-state index contributed by atoms with van der Waals surface area (Å²) >= 11 is 19.5. The Morgan fingerprint density at radius 3 is 2.24 bits per heavy atom. The smallest absolute Gasteiger partial charge is 0.316 e. The predicted molar refractivity (Wildman–Crippen MR) is 148 cm³/mol. The van der Waals surface area contributed by atoms with Gasteiger partial charge in [-0.1, -0.05) is 61.1 Å². The summed E-state index contributed by atoms with van der Waals surface area (Å²) in [7, 11) is 0. The molecule has 2 aliphatic heterocycles. The van der Waals surface area contributed by atoms with E-state index in [-0.39, 0.29) is 62.9 Å². The zero-order valence-electron chi connectivity index (χ0n) is 19.6. The van der Waals surface area contributed by atoms with Crippen LogP contribution in [-0.2, 0) is 19.2 Å². The van der Waals surface area contributed by atoms with Crippen LogP contribution in [0.25, 0.3) is 0 Å². The average Bonchev–Trinajstić information content (AvgIpc) is 3.34. The molecule has 37 heavy (non-hydrogen) atoms. The molecule has 3 amide bonds. The number of carbonyl (C=O) groups is 4. The first-order valence-electron chi connectivity index (χ1n) is 11.8. The van der Waals surface area contributed by atoms with Crippen molar-refractivity contribution in [3.63, 3.8) is 0 Å². The molecular formula is C26H22Br2Cl2N2O5. The number of esters is 1. The molecule has 3 fully saturated rings. The molecule has 11 heteroatoms. The molecule has 2 aromatic carbocycles. The lowest BCUT2D eigenvalue weighted by Crippen LogP contribution is -2.34. The van der Waals surface area contributed by atoms with E-state index in [0.29, 0.717) is 34.8 Å². The lowest BCUT2D eigenvalue weighted by molar-refractivity contribution is -0.139. The van der Waals surface area contributed by atoms with Gasteiger partial charge in [-0.3, -0.25) is 19.2 Å². The Balaban J connectivity index is 1.29. The van der Waals surface area contributed by atoms with Crippen molar-refractivity contribution >= 4 is 90.1 Å². The summed E-state index contributed by atoms with van der Waals surface area (Å²) in [5.74, 6) is -2.30. The Labute approximate surface area is 240 Å². The molecule has 3 aliphatic rings. The van der Waals surface area contributed by atoms with E-state index in [4.69, 9.17) is 27.9 Å². The van der Waals surface area contributed by atoms with E-state index in [9.17, 15) is 19.2 Å². The molecule has 5 rings (SSSR count). The number of halogens is 4. The second kappa shape index (κ2) is 10.3. The van der Waals surface area contributed by atoms with Crippen LogP contribution in [0.2, 0.25) is 10.0 Å². The number of imide groups is 1. The summed E-state index contributed by atoms with van der Waals surface area (Å²) in [5.41, 5.74) is 1.57. The molecule has 1 aliphatic carbocycles. The number of alkyl halides is 2. The van der Waals surface area contributed by atoms with Crippen molar-refractivity contribution in [2.45, 2.75) is 35.8 Å². The number of nitrogens with zero attached hydrogens (tertiary/aromatic N) is 2. The van der Waals surface area contributed by atoms with Gasteiger partial charge in [0.1, 0.15) is 5.75 Å². The van der Waals surface area contributed by atoms with Crippen LogP contribution >= 0.6 is 55.1 Å². The topological polar surface area (TPSA) is 84.0 Å². The molecule has 2 saturated heterocycles. The van der Waals surface area contributed by atoms with Gasteiger partial charge in [-0.15, -0.1) is 0 Å². The Kier molecular flexibility index (Phi) is 7.44. The molecule has 0 spiro atoms. The molecule has 194 valence electrons. The summed E-state index contributed by atoms with van der Waals surface area (Å²) in [6, 6.07) is 9.80. The van der Waals surface area contributed by atoms with Crippen LogP contribution < -0.4 is 14.5 Å². The van der Waals surface area contributed by atoms with Gasteiger partial charge in [0.2, 0.25) is 17.7 Å². The van der Waals surface area contributed by atoms with Crippen molar-refractivity contribution in [3.8, 4) is 5.75 Å². The average molecular weight is 673 g/mol. The highest BCUT2D eigenvalue weighted by atomic mass is 79.9. The number of anilines is 2. The van der Waals surface area contributed by atoms with Gasteiger partial charge < -0.3 is 9.64 Å². The molecule has 7 nitrogen and oxygen atoms in total. The minimum atomic E-state index is -0.679. The highest BCUT2D eigenvalue weighted by Crippen LogP contribution is 2.45. The third-order valence-electron chi connectivity index (χ3n) is 7.22. The quantitative estimate of drug-likeness (QED) is 0.181. The van der Waals surface area contributed by atoms with Crippen LogP contribution in [0.3, 0.4) is 0 Å². The van der Waals surface area contributed by atoms with E-state index in [0.717, 1.165) is 0 Å². The molecule has 5 atom stereocenters. The molecule has 0 bridgehead atoms. The number of amides is 3. The maximum absolute atomic E-state index is 13.1. The zero-order valence-corrected chi connectivity index (χ0v) is 24.3. The monoisotopic (exact) mass is 670 g/mol. The molecule has 0 aromatic heterocycles. The fraction of sp³-hybridized carbons (Fsp3) is 0.385. The number of hydrogen-bond donors (Lipinski definition) is 0. The van der Waals surface area contributed by atoms with Crippen molar-refractivity contribution in [2.24, 2.45) is 17.8 Å². The van der Waals surface area contributed by atoms with E-state index in [1.807, 2.05) is 0 Å². The number of aryl methyl sites for hydroxylation is 1. The highest BCUT2D eigenvalue weighted by molar-refractivity contribution is 9.12. The van der Waals surface area contributed by atoms with Crippen LogP contribution in [0, 0.1) is 24.7 Å². The van der Waals surface area contributed by atoms with Gasteiger partial charge in [0.05, 0.1) is 39.2 Å². The third-order valence-corrected chi connectivity index (χ3v) is 10.8. The first kappa shape index (κ1) is 26.7. The first-order valence-corrected chi connectivity index (χ1v) is 14.4. The first-order chi connectivity index (χ1) is 17.6. The summed E-state index contributed by atoms with van der Waals surface area (Å²) in [6.07, 6.45) is 1.17. The van der Waals surface area contributed by atoms with Crippen molar-refractivity contribution in [2.75, 3.05) is 16.3 Å². The van der Waals surface area contributed by atoms with Crippen molar-refractivity contribution < 1.29 is 23.9 Å². The van der Waals surface area contributed by atoms with Crippen molar-refractivity contribution in [1.82, 2.24) is 0 Å². The van der Waals surface area contributed by atoms with Gasteiger partial charge in [-0.05, 0) is 55.7 Å². The Morgan fingerprint density at radius 2 is 1.62 bits per heavy atom. The van der Waals surface area contributed by atoms with Gasteiger partial charge in [-0.25, -0.2) is 4.90 Å². The van der Waals surface area contributed by atoms with Crippen LogP contribution in [0.5, 0.6) is 5.75 Å². The summed E-state index contributed by atoms with van der Waals surface area (Å²) in [6.45, 7) is 1.88. The summed E-state index contributed by atoms with van der Waals surface area (Å²) in [4.78, 5) is 54.7. The Morgan fingerprint density at radius 1 is 0.973 bits per heavy atom. The number of carbonyl (C=O) groups excluding carboxylic acids is 4. The summed E-state index contributed by atoms with van der Waals surface area (Å²) in [5, 5.41) is 0.573. The van der Waals surface area contributed by atoms with Crippen molar-refractivity contribution in [3.05, 3.63) is 52.0 Å². The lowest BCUT2D eigenvalue weighted by atomic mass is 9.81. The van der Waals surface area contributed by atoms with Gasteiger partial charge in [0, 0.05) is 22.6 Å². The van der Waals surface area contributed by atoms with E-state index in [1.54, 1.807) is 43.3 Å². The Bertz CT molecular complexity index is 1290. The van der Waals surface area contributed by atoms with Crippen LogP contribution in [0.1, 0.15) is 24.8 Å². The lowest BCUT2D eigenvalue weighted by Gasteiger charge is -2.29. The third kappa shape index (κ3) is 4.84. The molecule has 0 radical (unpaired) electrons. The maximum Gasteiger partial charge on any atom is 0.316 e. The number of fused-ring (bicyclic) bond motifs is 1. The largest absolute Gasteiger partial charge is 0.426 e. The number of hydrogen-bond acceptors (Lipinski definition) is 5. The molecule has 0 N–H and O–H groups in total. The van der Waals surface area contributed by atoms with Gasteiger partial charge >= 0.3 is 5.97 Å². The molecular weight excluding hydrogens is 651 g/mol. The van der Waals surface area contributed by atoms with E-state index in [2.05, 4.69) is 31.9 Å². The van der Waals surface area contributed by atoms with Crippen LogP contribution in [0.15, 0.2) is 36.4 Å². The van der Waals surface area contributed by atoms with E-state index in [1.165, 1.54) is 9.80 Å². The molecule has 2 heterocycles. The normalized spacial score (nSPS) is 27.6.